The lowest BCUT2D eigenvalue weighted by Gasteiger charge is -2.12. The van der Waals surface area contributed by atoms with E-state index in [1.54, 1.807) is 0 Å². The Kier molecular flexibility index (Phi) is 7.14. The zero-order chi connectivity index (χ0) is 18.1. The van der Waals surface area contributed by atoms with Gasteiger partial charge in [0, 0.05) is 12.2 Å². The number of hydrogen-bond acceptors (Lipinski definition) is 3. The van der Waals surface area contributed by atoms with Crippen LogP contribution in [0, 0.1) is 6.92 Å². The van der Waals surface area contributed by atoms with E-state index in [0.29, 0.717) is 25.7 Å². The van der Waals surface area contributed by atoms with E-state index >= 15 is 0 Å². The number of nitrogens with one attached hydrogen (secondary N) is 1. The number of hydrogen-bond donors (Lipinski definition) is 2. The molecule has 0 aliphatic heterocycles. The summed E-state index contributed by atoms with van der Waals surface area (Å²) in [4.78, 5) is 4.38. The summed E-state index contributed by atoms with van der Waals surface area (Å²) in [5.41, 5.74) is 9.23. The van der Waals surface area contributed by atoms with E-state index in [4.69, 9.17) is 15.2 Å². The van der Waals surface area contributed by atoms with E-state index < -0.39 is 0 Å². The fraction of sp³-hybridized carbons (Fsp3) is 0.350. The van der Waals surface area contributed by atoms with Gasteiger partial charge in [0.2, 0.25) is 0 Å². The van der Waals surface area contributed by atoms with Crippen LogP contribution in [-0.2, 0) is 6.42 Å². The predicted molar refractivity (Wildman–Crippen MR) is 104 cm³/mol. The molecule has 3 N–H and O–H groups in total. The summed E-state index contributed by atoms with van der Waals surface area (Å²) in [6.07, 6.45) is 0.781. The molecule has 0 saturated heterocycles. The third-order valence-electron chi connectivity index (χ3n) is 3.61. The standard InChI is InChI=1S/C20H27N3O2/c1-4-24-18-11-8-16(14-19(18)25-5-2)12-13-22-20(21)23-17-9-6-15(3)7-10-17/h6-11,14H,4-5,12-13H2,1-3H3,(H3,21,22,23). The third kappa shape index (κ3) is 6.03. The van der Waals surface area contributed by atoms with E-state index in [-0.39, 0.29) is 0 Å². The molecule has 0 radical (unpaired) electrons. The first-order valence-electron chi connectivity index (χ1n) is 8.64. The van der Waals surface area contributed by atoms with Gasteiger partial charge in [-0.15, -0.1) is 0 Å². The highest BCUT2D eigenvalue weighted by atomic mass is 16.5. The van der Waals surface area contributed by atoms with E-state index in [1.165, 1.54) is 5.56 Å². The minimum absolute atomic E-state index is 0.417. The van der Waals surface area contributed by atoms with Crippen LogP contribution in [0.15, 0.2) is 47.5 Å². The van der Waals surface area contributed by atoms with Crippen LogP contribution in [0.2, 0.25) is 0 Å². The van der Waals surface area contributed by atoms with Crippen molar-refractivity contribution in [3.05, 3.63) is 53.6 Å². The molecule has 2 rings (SSSR count). The number of aliphatic imine (C=N–C) groups is 1. The molecule has 0 heterocycles. The maximum absolute atomic E-state index is 5.94. The fourth-order valence-corrected chi connectivity index (χ4v) is 2.38. The Hall–Kier alpha value is -2.69. The normalized spacial score (nSPS) is 11.2. The van der Waals surface area contributed by atoms with Gasteiger partial charge < -0.3 is 20.5 Å². The summed E-state index contributed by atoms with van der Waals surface area (Å²) in [6, 6.07) is 14.0. The number of rotatable bonds is 8. The smallest absolute Gasteiger partial charge is 0.193 e. The Morgan fingerprint density at radius 3 is 2.36 bits per heavy atom. The van der Waals surface area contributed by atoms with Gasteiger partial charge >= 0.3 is 0 Å². The van der Waals surface area contributed by atoms with E-state index in [0.717, 1.165) is 29.2 Å². The van der Waals surface area contributed by atoms with Crippen molar-refractivity contribution in [2.45, 2.75) is 27.2 Å². The summed E-state index contributed by atoms with van der Waals surface area (Å²) in [5, 5.41) is 3.10. The third-order valence-corrected chi connectivity index (χ3v) is 3.61. The summed E-state index contributed by atoms with van der Waals surface area (Å²) < 4.78 is 11.2. The lowest BCUT2D eigenvalue weighted by molar-refractivity contribution is 0.287. The van der Waals surface area contributed by atoms with Crippen molar-refractivity contribution in [1.82, 2.24) is 0 Å². The van der Waals surface area contributed by atoms with Gasteiger partial charge in [-0.3, -0.25) is 4.99 Å². The molecule has 0 bridgehead atoms. The Morgan fingerprint density at radius 2 is 1.68 bits per heavy atom. The van der Waals surface area contributed by atoms with Crippen LogP contribution in [0.3, 0.4) is 0 Å². The first kappa shape index (κ1) is 18.6. The number of guanidine groups is 1. The molecule has 0 aliphatic carbocycles. The number of anilines is 1. The molecule has 0 aliphatic rings. The van der Waals surface area contributed by atoms with Crippen LogP contribution < -0.4 is 20.5 Å². The van der Waals surface area contributed by atoms with E-state index in [9.17, 15) is 0 Å². The van der Waals surface area contributed by atoms with Crippen molar-refractivity contribution in [3.8, 4) is 11.5 Å². The van der Waals surface area contributed by atoms with Crippen molar-refractivity contribution < 1.29 is 9.47 Å². The largest absolute Gasteiger partial charge is 0.490 e. The minimum atomic E-state index is 0.417. The predicted octanol–water partition coefficient (Wildman–Crippen LogP) is 3.76. The molecular weight excluding hydrogens is 314 g/mol. The van der Waals surface area contributed by atoms with E-state index in [1.807, 2.05) is 56.3 Å². The molecule has 0 fully saturated rings. The van der Waals surface area contributed by atoms with Crippen molar-refractivity contribution in [2.75, 3.05) is 25.1 Å². The van der Waals surface area contributed by atoms with Gasteiger partial charge in [0.25, 0.3) is 0 Å². The molecule has 0 aromatic heterocycles. The van der Waals surface area contributed by atoms with Gasteiger partial charge in [-0.25, -0.2) is 0 Å². The molecule has 2 aromatic rings. The van der Waals surface area contributed by atoms with Crippen molar-refractivity contribution in [2.24, 2.45) is 10.7 Å². The number of ether oxygens (including phenoxy) is 2. The first-order chi connectivity index (χ1) is 12.1. The summed E-state index contributed by atoms with van der Waals surface area (Å²) in [5.74, 6) is 1.97. The highest BCUT2D eigenvalue weighted by Crippen LogP contribution is 2.28. The maximum Gasteiger partial charge on any atom is 0.193 e. The fourth-order valence-electron chi connectivity index (χ4n) is 2.38. The molecule has 2 aromatic carbocycles. The van der Waals surface area contributed by atoms with Crippen LogP contribution in [0.1, 0.15) is 25.0 Å². The Bertz CT molecular complexity index is 697. The van der Waals surface area contributed by atoms with Crippen molar-refractivity contribution >= 4 is 11.6 Å². The van der Waals surface area contributed by atoms with Crippen LogP contribution in [0.5, 0.6) is 11.5 Å². The quantitative estimate of drug-likeness (QED) is 0.566. The molecule has 0 saturated carbocycles. The number of aryl methyl sites for hydroxylation is 1. The molecule has 25 heavy (non-hydrogen) atoms. The number of nitrogens with zero attached hydrogens (tertiary/aromatic N) is 1. The van der Waals surface area contributed by atoms with Gasteiger partial charge in [-0.1, -0.05) is 23.8 Å². The monoisotopic (exact) mass is 341 g/mol. The van der Waals surface area contributed by atoms with Gasteiger partial charge in [0.15, 0.2) is 17.5 Å². The number of benzene rings is 2. The zero-order valence-electron chi connectivity index (χ0n) is 15.2. The van der Waals surface area contributed by atoms with Crippen molar-refractivity contribution in [3.63, 3.8) is 0 Å². The molecular formula is C20H27N3O2. The van der Waals surface area contributed by atoms with Gasteiger partial charge in [-0.05, 0) is 57.0 Å². The molecule has 5 heteroatoms. The molecule has 0 atom stereocenters. The lowest BCUT2D eigenvalue weighted by atomic mass is 10.1. The molecule has 0 unspecified atom stereocenters. The maximum atomic E-state index is 5.94. The van der Waals surface area contributed by atoms with E-state index in [2.05, 4.69) is 17.2 Å². The van der Waals surface area contributed by atoms with Crippen molar-refractivity contribution in [1.29, 1.82) is 0 Å². The topological polar surface area (TPSA) is 68.9 Å². The molecule has 0 spiro atoms. The van der Waals surface area contributed by atoms with Gasteiger partial charge in [-0.2, -0.15) is 0 Å². The van der Waals surface area contributed by atoms with Crippen LogP contribution in [0.4, 0.5) is 5.69 Å². The lowest BCUT2D eigenvalue weighted by Crippen LogP contribution is -2.23. The van der Waals surface area contributed by atoms with Gasteiger partial charge in [0.05, 0.1) is 13.2 Å². The second-order valence-corrected chi connectivity index (χ2v) is 5.66. The Labute approximate surface area is 149 Å². The molecule has 5 nitrogen and oxygen atoms in total. The number of nitrogens with two attached hydrogens (primary N) is 1. The average Bonchev–Trinajstić information content (AvgIpc) is 2.59. The van der Waals surface area contributed by atoms with Gasteiger partial charge in [0.1, 0.15) is 0 Å². The second-order valence-electron chi connectivity index (χ2n) is 5.66. The summed E-state index contributed by atoms with van der Waals surface area (Å²) in [7, 11) is 0. The Morgan fingerprint density at radius 1 is 1.00 bits per heavy atom. The Balaban J connectivity index is 1.93. The highest BCUT2D eigenvalue weighted by molar-refractivity contribution is 5.92. The van der Waals surface area contributed by atoms with Crippen LogP contribution in [0.25, 0.3) is 0 Å². The molecule has 0 amide bonds. The SMILES string of the molecule is CCOc1ccc(CCN=C(N)Nc2ccc(C)cc2)cc1OCC. The zero-order valence-corrected chi connectivity index (χ0v) is 15.2. The highest BCUT2D eigenvalue weighted by Gasteiger charge is 2.06. The summed E-state index contributed by atoms with van der Waals surface area (Å²) in [6.45, 7) is 7.80. The van der Waals surface area contributed by atoms with Crippen LogP contribution >= 0.6 is 0 Å². The average molecular weight is 341 g/mol. The minimum Gasteiger partial charge on any atom is -0.490 e. The molecule has 134 valence electrons. The first-order valence-corrected chi connectivity index (χ1v) is 8.64. The summed E-state index contributed by atoms with van der Waals surface area (Å²) >= 11 is 0. The second kappa shape index (κ2) is 9.57. The van der Waals surface area contributed by atoms with Crippen LogP contribution in [-0.4, -0.2) is 25.7 Å².